The van der Waals surface area contributed by atoms with E-state index in [0.29, 0.717) is 0 Å². The van der Waals surface area contributed by atoms with Crippen LogP contribution in [0.3, 0.4) is 0 Å². The van der Waals surface area contributed by atoms with Crippen molar-refractivity contribution in [2.45, 2.75) is 12.6 Å². The van der Waals surface area contributed by atoms with E-state index in [2.05, 4.69) is 11.5 Å². The molecule has 2 atom stereocenters. The summed E-state index contributed by atoms with van der Waals surface area (Å²) < 4.78 is 3.49. The molecule has 0 aromatic carbocycles. The van der Waals surface area contributed by atoms with Gasteiger partial charge in [0.15, 0.2) is 5.66 Å². The summed E-state index contributed by atoms with van der Waals surface area (Å²) in [5.41, 5.74) is -0.0394. The Kier molecular flexibility index (Phi) is 3.20. The fraction of sp³-hybridized carbons (Fsp3) is 0.500. The van der Waals surface area contributed by atoms with Crippen LogP contribution in [0.15, 0.2) is 4.76 Å². The van der Waals surface area contributed by atoms with Gasteiger partial charge in [-0.1, -0.05) is 9.92 Å². The topological polar surface area (TPSA) is 60.1 Å². The largest absolute Gasteiger partial charge is 0.351 e. The second kappa shape index (κ2) is 3.44. The molecule has 0 aliphatic rings. The van der Waals surface area contributed by atoms with Crippen LogP contribution in [0.4, 0.5) is 0 Å². The van der Waals surface area contributed by atoms with Crippen LogP contribution >= 0.6 is 7.86 Å². The third kappa shape index (κ3) is 1.94. The molecule has 0 heterocycles. The second-order valence-corrected chi connectivity index (χ2v) is 3.18. The molecule has 3 nitrogen and oxygen atoms in total. The van der Waals surface area contributed by atoms with E-state index >= 15 is 0 Å². The average molecular weight is 130 g/mol. The highest BCUT2D eigenvalue weighted by Gasteiger charge is 2.14. The van der Waals surface area contributed by atoms with Gasteiger partial charge in [-0.25, -0.2) is 0 Å². The maximum atomic E-state index is 7.11. The first-order valence-electron chi connectivity index (χ1n) is 2.20. The molecule has 8 heavy (non-hydrogen) atoms. The van der Waals surface area contributed by atoms with Crippen molar-refractivity contribution in [3.63, 3.8) is 0 Å². The Balaban J connectivity index is 3.80. The van der Waals surface area contributed by atoms with Crippen LogP contribution < -0.4 is 0 Å². The highest BCUT2D eigenvalue weighted by molar-refractivity contribution is 7.46. The van der Waals surface area contributed by atoms with E-state index in [1.54, 1.807) is 6.92 Å². The first-order valence-corrected chi connectivity index (χ1v) is 3.56. The molecular formula is C4H9N3P+. The monoisotopic (exact) mass is 130 g/mol. The van der Waals surface area contributed by atoms with Crippen molar-refractivity contribution >= 4 is 20.8 Å². The van der Waals surface area contributed by atoms with E-state index in [1.807, 2.05) is 0 Å². The normalized spacial score (nSPS) is 14.4. The van der Waals surface area contributed by atoms with Gasteiger partial charge in [0, 0.05) is 12.9 Å². The molecule has 0 amide bonds. The lowest BCUT2D eigenvalue weighted by Gasteiger charge is -1.82. The Labute approximate surface area is 49.7 Å². The minimum absolute atomic E-state index is 0.0394. The van der Waals surface area contributed by atoms with Crippen LogP contribution in [0.25, 0.3) is 0 Å². The second-order valence-electron chi connectivity index (χ2n) is 1.39. The lowest BCUT2D eigenvalue weighted by atomic mass is 10.5. The zero-order valence-electron chi connectivity index (χ0n) is 4.76. The van der Waals surface area contributed by atoms with Crippen LogP contribution in [0.5, 0.6) is 0 Å². The molecule has 0 aliphatic carbocycles. The smallest absolute Gasteiger partial charge is 0.308 e. The maximum Gasteiger partial charge on any atom is 0.351 e. The van der Waals surface area contributed by atoms with Crippen LogP contribution in [0, 0.1) is 10.6 Å². The first-order chi connectivity index (χ1) is 3.72. The molecule has 44 valence electrons. The molecule has 4 heteroatoms. The summed E-state index contributed by atoms with van der Waals surface area (Å²) >= 11 is 0. The van der Waals surface area contributed by atoms with Crippen molar-refractivity contribution in [2.24, 2.45) is 4.76 Å². The molecule has 0 aromatic rings. The predicted molar refractivity (Wildman–Crippen MR) is 37.4 cm³/mol. The first kappa shape index (κ1) is 7.44. The fourth-order valence-electron chi connectivity index (χ4n) is 0.199. The summed E-state index contributed by atoms with van der Waals surface area (Å²) in [4.78, 5) is 0. The van der Waals surface area contributed by atoms with Crippen LogP contribution in [0.2, 0.25) is 0 Å². The summed E-state index contributed by atoms with van der Waals surface area (Å²) in [6.45, 7) is 5.01. The van der Waals surface area contributed by atoms with Gasteiger partial charge < -0.3 is 5.41 Å². The summed E-state index contributed by atoms with van der Waals surface area (Å²) in [6.07, 6.45) is 1.23. The van der Waals surface area contributed by atoms with Gasteiger partial charge in [-0.15, -0.1) is 0 Å². The molecule has 0 rings (SSSR count). The average Bonchev–Trinajstić information content (AvgIpc) is 1.84. The number of hydrogen-bond acceptors (Lipinski definition) is 2. The minimum Gasteiger partial charge on any atom is -0.308 e. The summed E-state index contributed by atoms with van der Waals surface area (Å²) in [6, 6.07) is 0. The molecule has 0 radical (unpaired) electrons. The van der Waals surface area contributed by atoms with Crippen molar-refractivity contribution in [2.75, 3.05) is 0 Å². The van der Waals surface area contributed by atoms with Gasteiger partial charge in [-0.2, -0.15) is 0 Å². The molecular weight excluding hydrogens is 121 g/mol. The van der Waals surface area contributed by atoms with Crippen LogP contribution in [-0.2, 0) is 0 Å². The van der Waals surface area contributed by atoms with Gasteiger partial charge in [0.1, 0.15) is 0 Å². The van der Waals surface area contributed by atoms with E-state index < -0.39 is 7.86 Å². The van der Waals surface area contributed by atoms with Crippen molar-refractivity contribution in [1.82, 2.24) is 0 Å². The molecule has 0 spiro atoms. The predicted octanol–water partition coefficient (Wildman–Crippen LogP) is 1.88. The Hall–Kier alpha value is -0.560. The van der Waals surface area contributed by atoms with Crippen LogP contribution in [-0.4, -0.2) is 18.6 Å². The minimum atomic E-state index is -1.12. The zero-order valence-corrected chi connectivity index (χ0v) is 5.65. The van der Waals surface area contributed by atoms with Gasteiger partial charge in [0.25, 0.3) is 0 Å². The van der Waals surface area contributed by atoms with Crippen molar-refractivity contribution in [3.8, 4) is 0 Å². The van der Waals surface area contributed by atoms with E-state index in [-0.39, 0.29) is 5.66 Å². The molecule has 2 unspecified atom stereocenters. The van der Waals surface area contributed by atoms with Gasteiger partial charge >= 0.3 is 7.86 Å². The molecule has 0 aliphatic heterocycles. The van der Waals surface area contributed by atoms with E-state index in [1.165, 1.54) is 6.21 Å². The summed E-state index contributed by atoms with van der Waals surface area (Å²) in [7, 11) is -1.12. The Morgan fingerprint density at radius 2 is 2.38 bits per heavy atom. The quantitative estimate of drug-likeness (QED) is 0.433. The standard InChI is InChI=1S/C4H9N3P/c1-4(3-5)8(6)7-2/h3-6H,2H2,1H3/q+1. The number of nitrogens with one attached hydrogen (secondary N) is 2. The highest BCUT2D eigenvalue weighted by atomic mass is 31.1. The van der Waals surface area contributed by atoms with Crippen molar-refractivity contribution in [1.29, 1.82) is 10.6 Å². The lowest BCUT2D eigenvalue weighted by molar-refractivity contribution is 1.27. The van der Waals surface area contributed by atoms with Gasteiger partial charge in [-0.05, 0) is 6.92 Å². The number of rotatable bonds is 3. The number of nitrogens with zero attached hydrogens (tertiary/aromatic N) is 1. The van der Waals surface area contributed by atoms with Crippen molar-refractivity contribution in [3.05, 3.63) is 0 Å². The van der Waals surface area contributed by atoms with E-state index in [0.717, 1.165) is 0 Å². The third-order valence-electron chi connectivity index (χ3n) is 0.779. The highest BCUT2D eigenvalue weighted by Crippen LogP contribution is 2.26. The SMILES string of the molecule is C=N[P+](=N)C(C)C=N. The maximum absolute atomic E-state index is 7.11. The molecule has 2 N–H and O–H groups in total. The molecule has 0 fully saturated rings. The van der Waals surface area contributed by atoms with Gasteiger partial charge in [0.05, 0.1) is 0 Å². The van der Waals surface area contributed by atoms with E-state index in [9.17, 15) is 0 Å². The zero-order chi connectivity index (χ0) is 6.57. The summed E-state index contributed by atoms with van der Waals surface area (Å²) in [5, 5.41) is 13.8. The van der Waals surface area contributed by atoms with Gasteiger partial charge in [0.2, 0.25) is 0 Å². The van der Waals surface area contributed by atoms with Crippen LogP contribution in [0.1, 0.15) is 6.92 Å². The molecule has 0 saturated heterocycles. The Morgan fingerprint density at radius 1 is 1.88 bits per heavy atom. The Bertz CT molecular complexity index is 120. The summed E-state index contributed by atoms with van der Waals surface area (Å²) in [5.74, 6) is 0. The third-order valence-corrected chi connectivity index (χ3v) is 2.00. The molecule has 0 aromatic heterocycles. The lowest BCUT2D eigenvalue weighted by Crippen LogP contribution is -1.92. The Morgan fingerprint density at radius 3 is 2.50 bits per heavy atom. The number of hydrogen-bond donors (Lipinski definition) is 2. The molecule has 0 saturated carbocycles. The van der Waals surface area contributed by atoms with Gasteiger partial charge in [-0.3, -0.25) is 0 Å². The fourth-order valence-corrected chi connectivity index (χ4v) is 0.598. The van der Waals surface area contributed by atoms with Crippen molar-refractivity contribution < 1.29 is 0 Å². The van der Waals surface area contributed by atoms with E-state index in [4.69, 9.17) is 10.6 Å². The molecule has 0 bridgehead atoms.